The van der Waals surface area contributed by atoms with Crippen molar-refractivity contribution in [1.29, 1.82) is 0 Å². The Morgan fingerprint density at radius 3 is 2.67 bits per heavy atom. The van der Waals surface area contributed by atoms with Gasteiger partial charge in [0.05, 0.1) is 17.9 Å². The number of hydrogen-bond acceptors (Lipinski definition) is 4. The summed E-state index contributed by atoms with van der Waals surface area (Å²) in [5.74, 6) is -0.591. The minimum atomic E-state index is -4.41. The number of rotatable bonds is 4. The van der Waals surface area contributed by atoms with Gasteiger partial charge < -0.3 is 15.8 Å². The normalized spacial score (nSPS) is 12.9. The van der Waals surface area contributed by atoms with Crippen LogP contribution in [0, 0.1) is 0 Å². The third-order valence-electron chi connectivity index (χ3n) is 1.80. The molecule has 0 aliphatic heterocycles. The number of aromatic nitrogens is 1. The van der Waals surface area contributed by atoms with E-state index in [1.54, 1.807) is 0 Å². The molecule has 1 aromatic rings. The van der Waals surface area contributed by atoms with E-state index in [9.17, 15) is 18.0 Å². The Morgan fingerprint density at radius 1 is 1.56 bits per heavy atom. The topological polar surface area (TPSA) is 77.2 Å². The lowest BCUT2D eigenvalue weighted by Crippen LogP contribution is -2.32. The van der Waals surface area contributed by atoms with Crippen LogP contribution in [0.4, 0.5) is 18.9 Å². The van der Waals surface area contributed by atoms with Crippen LogP contribution in [0.5, 0.6) is 5.88 Å². The molecule has 18 heavy (non-hydrogen) atoms. The summed E-state index contributed by atoms with van der Waals surface area (Å²) in [6, 6.07) is 1.91. The lowest BCUT2D eigenvalue weighted by molar-refractivity contribution is -0.154. The molecule has 100 valence electrons. The molecule has 0 saturated carbocycles. The first-order valence-corrected chi connectivity index (χ1v) is 5.00. The quantitative estimate of drug-likeness (QED) is 0.858. The van der Waals surface area contributed by atoms with Gasteiger partial charge in [0.2, 0.25) is 11.8 Å². The Hall–Kier alpha value is -1.83. The lowest BCUT2D eigenvalue weighted by Gasteiger charge is -2.10. The zero-order valence-corrected chi connectivity index (χ0v) is 9.49. The Balaban J connectivity index is 2.55. The molecule has 0 unspecified atom stereocenters. The molecule has 5 nitrogen and oxygen atoms in total. The molecule has 8 heteroatoms. The third-order valence-corrected chi connectivity index (χ3v) is 1.80. The van der Waals surface area contributed by atoms with Crippen LogP contribution >= 0.6 is 0 Å². The molecule has 0 aliphatic carbocycles. The molecule has 1 atom stereocenters. The molecule has 3 N–H and O–H groups in total. The molecule has 0 fully saturated rings. The Morgan fingerprint density at radius 2 is 2.22 bits per heavy atom. The molecule has 1 rings (SSSR count). The van der Waals surface area contributed by atoms with E-state index < -0.39 is 24.7 Å². The van der Waals surface area contributed by atoms with Crippen LogP contribution in [0.1, 0.15) is 6.92 Å². The van der Waals surface area contributed by atoms with Crippen molar-refractivity contribution in [1.82, 2.24) is 4.98 Å². The summed E-state index contributed by atoms with van der Waals surface area (Å²) in [4.78, 5) is 14.8. The van der Waals surface area contributed by atoms with Crippen molar-refractivity contribution in [3.8, 4) is 5.88 Å². The highest BCUT2D eigenvalue weighted by Crippen LogP contribution is 2.17. The van der Waals surface area contributed by atoms with Gasteiger partial charge in [-0.05, 0) is 13.0 Å². The Labute approximate surface area is 101 Å². The van der Waals surface area contributed by atoms with E-state index in [2.05, 4.69) is 15.0 Å². The summed E-state index contributed by atoms with van der Waals surface area (Å²) >= 11 is 0. The molecular weight excluding hydrogens is 251 g/mol. The largest absolute Gasteiger partial charge is 0.468 e. The lowest BCUT2D eigenvalue weighted by atomic mass is 10.3. The summed E-state index contributed by atoms with van der Waals surface area (Å²) in [7, 11) is 0. The van der Waals surface area contributed by atoms with Crippen molar-refractivity contribution >= 4 is 11.6 Å². The molecule has 1 aromatic heterocycles. The SMILES string of the molecule is C[C@H](N)C(=O)Nc1ccc(OCC(F)(F)F)nc1. The second kappa shape index (κ2) is 5.67. The second-order valence-electron chi connectivity index (χ2n) is 3.57. The van der Waals surface area contributed by atoms with Gasteiger partial charge in [-0.15, -0.1) is 0 Å². The molecule has 0 bridgehead atoms. The van der Waals surface area contributed by atoms with Crippen molar-refractivity contribution in [2.45, 2.75) is 19.1 Å². The number of pyridine rings is 1. The monoisotopic (exact) mass is 263 g/mol. The van der Waals surface area contributed by atoms with Crippen molar-refractivity contribution in [2.24, 2.45) is 5.73 Å². The van der Waals surface area contributed by atoms with Gasteiger partial charge in [0, 0.05) is 6.07 Å². The second-order valence-corrected chi connectivity index (χ2v) is 3.57. The Bertz CT molecular complexity index is 404. The molecule has 0 radical (unpaired) electrons. The molecular formula is C10H12F3N3O2. The smallest absolute Gasteiger partial charge is 0.422 e. The van der Waals surface area contributed by atoms with Gasteiger partial charge in [-0.1, -0.05) is 0 Å². The van der Waals surface area contributed by atoms with Gasteiger partial charge in [0.25, 0.3) is 0 Å². The van der Waals surface area contributed by atoms with Crippen LogP contribution < -0.4 is 15.8 Å². The van der Waals surface area contributed by atoms with Crippen LogP contribution in [0.15, 0.2) is 18.3 Å². The fourth-order valence-electron chi connectivity index (χ4n) is 0.951. The standard InChI is InChI=1S/C10H12F3N3O2/c1-6(14)9(17)16-7-2-3-8(15-4-7)18-5-10(11,12)13/h2-4,6H,5,14H2,1H3,(H,16,17)/t6-/m0/s1. The van der Waals surface area contributed by atoms with Crippen LogP contribution in [0.2, 0.25) is 0 Å². The van der Waals surface area contributed by atoms with E-state index in [1.165, 1.54) is 25.3 Å². The van der Waals surface area contributed by atoms with Gasteiger partial charge in [-0.3, -0.25) is 4.79 Å². The molecule has 1 amide bonds. The van der Waals surface area contributed by atoms with Gasteiger partial charge in [0.1, 0.15) is 0 Å². The van der Waals surface area contributed by atoms with Gasteiger partial charge in [-0.2, -0.15) is 13.2 Å². The minimum absolute atomic E-state index is 0.175. The number of carbonyl (C=O) groups is 1. The van der Waals surface area contributed by atoms with E-state index in [-0.39, 0.29) is 5.88 Å². The summed E-state index contributed by atoms with van der Waals surface area (Å²) < 4.78 is 40.0. The first kappa shape index (κ1) is 14.2. The van der Waals surface area contributed by atoms with E-state index in [0.717, 1.165) is 0 Å². The van der Waals surface area contributed by atoms with Crippen LogP contribution in [-0.2, 0) is 4.79 Å². The third kappa shape index (κ3) is 5.00. The van der Waals surface area contributed by atoms with Crippen molar-refractivity contribution in [3.63, 3.8) is 0 Å². The number of ether oxygens (including phenoxy) is 1. The number of carbonyl (C=O) groups excluding carboxylic acids is 1. The fourth-order valence-corrected chi connectivity index (χ4v) is 0.951. The number of nitrogens with zero attached hydrogens (tertiary/aromatic N) is 1. The van der Waals surface area contributed by atoms with Crippen LogP contribution in [-0.4, -0.2) is 29.7 Å². The zero-order chi connectivity index (χ0) is 13.8. The maximum absolute atomic E-state index is 11.9. The number of nitrogens with one attached hydrogen (secondary N) is 1. The predicted octanol–water partition coefficient (Wildman–Crippen LogP) is 1.31. The number of nitrogens with two attached hydrogens (primary N) is 1. The van der Waals surface area contributed by atoms with E-state index >= 15 is 0 Å². The Kier molecular flexibility index (Phi) is 4.49. The molecule has 0 spiro atoms. The minimum Gasteiger partial charge on any atom is -0.468 e. The highest BCUT2D eigenvalue weighted by Gasteiger charge is 2.28. The number of hydrogen-bond donors (Lipinski definition) is 2. The first-order valence-electron chi connectivity index (χ1n) is 5.00. The van der Waals surface area contributed by atoms with Gasteiger partial charge in [-0.25, -0.2) is 4.98 Å². The summed E-state index contributed by atoms with van der Waals surface area (Å²) in [5, 5.41) is 2.44. The predicted molar refractivity (Wildman–Crippen MR) is 58.1 cm³/mol. The molecule has 1 heterocycles. The average molecular weight is 263 g/mol. The maximum atomic E-state index is 11.9. The van der Waals surface area contributed by atoms with Crippen LogP contribution in [0.25, 0.3) is 0 Å². The molecule has 0 aliphatic rings. The number of amides is 1. The van der Waals surface area contributed by atoms with Crippen molar-refractivity contribution in [3.05, 3.63) is 18.3 Å². The summed E-state index contributed by atoms with van der Waals surface area (Å²) in [6.45, 7) is 0.0924. The number of anilines is 1. The highest BCUT2D eigenvalue weighted by atomic mass is 19.4. The maximum Gasteiger partial charge on any atom is 0.422 e. The van der Waals surface area contributed by atoms with Gasteiger partial charge >= 0.3 is 6.18 Å². The van der Waals surface area contributed by atoms with E-state index in [1.807, 2.05) is 0 Å². The summed E-state index contributed by atoms with van der Waals surface area (Å²) in [5.41, 5.74) is 5.66. The molecule has 0 saturated heterocycles. The summed E-state index contributed by atoms with van der Waals surface area (Å²) in [6.07, 6.45) is -3.23. The van der Waals surface area contributed by atoms with Crippen molar-refractivity contribution in [2.75, 3.05) is 11.9 Å². The van der Waals surface area contributed by atoms with Crippen molar-refractivity contribution < 1.29 is 22.7 Å². The van der Waals surface area contributed by atoms with Gasteiger partial charge in [0.15, 0.2) is 6.61 Å². The van der Waals surface area contributed by atoms with E-state index in [0.29, 0.717) is 5.69 Å². The van der Waals surface area contributed by atoms with E-state index in [4.69, 9.17) is 5.73 Å². The first-order chi connectivity index (χ1) is 8.28. The highest BCUT2D eigenvalue weighted by molar-refractivity contribution is 5.94. The van der Waals surface area contributed by atoms with Crippen LogP contribution in [0.3, 0.4) is 0 Å². The molecule has 0 aromatic carbocycles. The fraction of sp³-hybridized carbons (Fsp3) is 0.400. The number of halogens is 3. The zero-order valence-electron chi connectivity index (χ0n) is 9.49. The number of alkyl halides is 3. The average Bonchev–Trinajstić information content (AvgIpc) is 2.27.